The zero-order chi connectivity index (χ0) is 18.5. The van der Waals surface area contributed by atoms with Crippen molar-refractivity contribution < 1.29 is 18.8 Å². The van der Waals surface area contributed by atoms with Crippen molar-refractivity contribution in [3.05, 3.63) is 48.4 Å². The third-order valence-corrected chi connectivity index (χ3v) is 3.56. The van der Waals surface area contributed by atoms with E-state index in [0.29, 0.717) is 34.6 Å². The second kappa shape index (κ2) is 7.56. The molecule has 0 atom stereocenters. The number of carbonyl (C=O) groups excluding carboxylic acids is 1. The number of ether oxygens (including phenoxy) is 2. The largest absolute Gasteiger partial charge is 0.497 e. The summed E-state index contributed by atoms with van der Waals surface area (Å²) >= 11 is 0. The molecule has 0 saturated carbocycles. The summed E-state index contributed by atoms with van der Waals surface area (Å²) in [5.41, 5.74) is 1.85. The molecule has 0 fully saturated rings. The number of hydrogen-bond acceptors (Lipinski definition) is 6. The number of carbonyl (C=O) groups is 1. The summed E-state index contributed by atoms with van der Waals surface area (Å²) in [6.45, 7) is 1.72. The Bertz CT molecular complexity index is 923. The summed E-state index contributed by atoms with van der Waals surface area (Å²) in [6, 6.07) is 11.9. The number of benzene rings is 2. The van der Waals surface area contributed by atoms with Gasteiger partial charge in [0.25, 0.3) is 0 Å². The first-order valence-corrected chi connectivity index (χ1v) is 7.80. The Morgan fingerprint density at radius 1 is 1.08 bits per heavy atom. The summed E-state index contributed by atoms with van der Waals surface area (Å²) in [5.74, 6) is 2.07. The zero-order valence-corrected chi connectivity index (χ0v) is 14.6. The van der Waals surface area contributed by atoms with Crippen LogP contribution in [-0.2, 0) is 0 Å². The van der Waals surface area contributed by atoms with Crippen molar-refractivity contribution >= 4 is 17.4 Å². The minimum Gasteiger partial charge on any atom is -0.497 e. The van der Waals surface area contributed by atoms with Gasteiger partial charge in [-0.3, -0.25) is 0 Å². The van der Waals surface area contributed by atoms with E-state index in [4.69, 9.17) is 14.0 Å². The van der Waals surface area contributed by atoms with E-state index < -0.39 is 6.03 Å². The van der Waals surface area contributed by atoms with Crippen LogP contribution in [0.1, 0.15) is 5.89 Å². The van der Waals surface area contributed by atoms with Gasteiger partial charge in [0.05, 0.1) is 19.9 Å². The Morgan fingerprint density at radius 2 is 1.92 bits per heavy atom. The molecule has 8 heteroatoms. The summed E-state index contributed by atoms with van der Waals surface area (Å²) in [5, 5.41) is 9.38. The fourth-order valence-electron chi connectivity index (χ4n) is 2.34. The van der Waals surface area contributed by atoms with E-state index in [0.717, 1.165) is 5.56 Å². The highest BCUT2D eigenvalue weighted by atomic mass is 16.5. The van der Waals surface area contributed by atoms with Gasteiger partial charge in [-0.2, -0.15) is 4.98 Å². The van der Waals surface area contributed by atoms with Gasteiger partial charge in [-0.1, -0.05) is 17.3 Å². The minimum absolute atomic E-state index is 0.407. The SMILES string of the molecule is COc1ccc(NC(=O)Nc2cccc(-c3noc(C)n3)c2)c(OC)c1. The normalized spacial score (nSPS) is 10.3. The lowest BCUT2D eigenvalue weighted by Crippen LogP contribution is -2.19. The molecule has 2 N–H and O–H groups in total. The molecule has 2 amide bonds. The van der Waals surface area contributed by atoms with Crippen LogP contribution >= 0.6 is 0 Å². The van der Waals surface area contributed by atoms with Crippen molar-refractivity contribution in [1.29, 1.82) is 0 Å². The zero-order valence-electron chi connectivity index (χ0n) is 14.6. The van der Waals surface area contributed by atoms with Crippen molar-refractivity contribution in [1.82, 2.24) is 10.1 Å². The number of aromatic nitrogens is 2. The Morgan fingerprint density at radius 3 is 2.62 bits per heavy atom. The first-order chi connectivity index (χ1) is 12.6. The third kappa shape index (κ3) is 3.92. The number of amides is 2. The number of hydrogen-bond donors (Lipinski definition) is 2. The molecule has 1 heterocycles. The first kappa shape index (κ1) is 17.3. The molecule has 3 aromatic rings. The van der Waals surface area contributed by atoms with Crippen molar-refractivity contribution in [2.24, 2.45) is 0 Å². The molecule has 0 aliphatic rings. The number of methoxy groups -OCH3 is 2. The van der Waals surface area contributed by atoms with Gasteiger partial charge in [0.1, 0.15) is 11.5 Å². The number of nitrogens with zero attached hydrogens (tertiary/aromatic N) is 2. The van der Waals surface area contributed by atoms with Gasteiger partial charge >= 0.3 is 6.03 Å². The second-order valence-corrected chi connectivity index (χ2v) is 5.36. The maximum absolute atomic E-state index is 12.3. The third-order valence-electron chi connectivity index (χ3n) is 3.56. The molecule has 8 nitrogen and oxygen atoms in total. The molecule has 0 bridgehead atoms. The lowest BCUT2D eigenvalue weighted by molar-refractivity contribution is 0.262. The van der Waals surface area contributed by atoms with Crippen molar-refractivity contribution in [2.45, 2.75) is 6.92 Å². The van der Waals surface area contributed by atoms with Gasteiger partial charge in [0, 0.05) is 24.2 Å². The molecular formula is C18H18N4O4. The average Bonchev–Trinajstić information content (AvgIpc) is 3.08. The molecule has 2 aromatic carbocycles. The van der Waals surface area contributed by atoms with Crippen LogP contribution in [0.3, 0.4) is 0 Å². The highest BCUT2D eigenvalue weighted by Crippen LogP contribution is 2.29. The van der Waals surface area contributed by atoms with Crippen molar-refractivity contribution in [3.8, 4) is 22.9 Å². The molecule has 0 saturated heterocycles. The number of rotatable bonds is 5. The van der Waals surface area contributed by atoms with Crippen molar-refractivity contribution in [3.63, 3.8) is 0 Å². The Kier molecular flexibility index (Phi) is 5.02. The monoisotopic (exact) mass is 354 g/mol. The van der Waals surface area contributed by atoms with Gasteiger partial charge in [-0.05, 0) is 24.3 Å². The van der Waals surface area contributed by atoms with E-state index in [9.17, 15) is 4.79 Å². The second-order valence-electron chi connectivity index (χ2n) is 5.36. The van der Waals surface area contributed by atoms with Crippen molar-refractivity contribution in [2.75, 3.05) is 24.9 Å². The van der Waals surface area contributed by atoms with E-state index in [-0.39, 0.29) is 0 Å². The van der Waals surface area contributed by atoms with Gasteiger partial charge in [0.2, 0.25) is 11.7 Å². The van der Waals surface area contributed by atoms with Crippen LogP contribution in [0.25, 0.3) is 11.4 Å². The maximum atomic E-state index is 12.3. The number of aryl methyl sites for hydroxylation is 1. The van der Waals surface area contributed by atoms with E-state index >= 15 is 0 Å². The van der Waals surface area contributed by atoms with Crippen LogP contribution in [0.5, 0.6) is 11.5 Å². The first-order valence-electron chi connectivity index (χ1n) is 7.80. The summed E-state index contributed by atoms with van der Waals surface area (Å²) < 4.78 is 15.4. The highest BCUT2D eigenvalue weighted by Gasteiger charge is 2.11. The molecule has 134 valence electrons. The van der Waals surface area contributed by atoms with Gasteiger partial charge in [-0.25, -0.2) is 4.79 Å². The quantitative estimate of drug-likeness (QED) is 0.725. The summed E-state index contributed by atoms with van der Waals surface area (Å²) in [4.78, 5) is 16.5. The lowest BCUT2D eigenvalue weighted by atomic mass is 10.2. The van der Waals surface area contributed by atoms with Crippen LogP contribution in [0, 0.1) is 6.92 Å². The molecule has 0 radical (unpaired) electrons. The van der Waals surface area contributed by atoms with Gasteiger partial charge < -0.3 is 24.6 Å². The van der Waals surface area contributed by atoms with Gasteiger partial charge in [-0.15, -0.1) is 0 Å². The highest BCUT2D eigenvalue weighted by molar-refractivity contribution is 6.01. The van der Waals surface area contributed by atoms with E-state index in [1.54, 1.807) is 50.4 Å². The molecule has 0 aliphatic carbocycles. The van der Waals surface area contributed by atoms with Crippen LogP contribution in [-0.4, -0.2) is 30.4 Å². The topological polar surface area (TPSA) is 98.5 Å². The maximum Gasteiger partial charge on any atom is 0.323 e. The van der Waals surface area contributed by atoms with Crippen LogP contribution < -0.4 is 20.1 Å². The Hall–Kier alpha value is -3.55. The standard InChI is InChI=1S/C18H18N4O4/c1-11-19-17(22-26-11)12-5-4-6-13(9-12)20-18(23)21-15-8-7-14(24-2)10-16(15)25-3/h4-10H,1-3H3,(H2,20,21,23). The minimum atomic E-state index is -0.407. The molecule has 0 aliphatic heterocycles. The molecule has 1 aromatic heterocycles. The molecule has 0 unspecified atom stereocenters. The number of anilines is 2. The summed E-state index contributed by atoms with van der Waals surface area (Å²) in [7, 11) is 3.08. The molecule has 3 rings (SSSR count). The smallest absolute Gasteiger partial charge is 0.323 e. The predicted octanol–water partition coefficient (Wildman–Crippen LogP) is 3.71. The number of urea groups is 1. The molecular weight excluding hydrogens is 336 g/mol. The van der Waals surface area contributed by atoms with Gasteiger partial charge in [0.15, 0.2) is 0 Å². The Labute approximate surface area is 150 Å². The fourth-order valence-corrected chi connectivity index (χ4v) is 2.34. The molecule has 26 heavy (non-hydrogen) atoms. The van der Waals surface area contributed by atoms with Crippen LogP contribution in [0.4, 0.5) is 16.2 Å². The fraction of sp³-hybridized carbons (Fsp3) is 0.167. The molecule has 0 spiro atoms. The van der Waals surface area contributed by atoms with E-state index in [2.05, 4.69) is 20.8 Å². The number of nitrogens with one attached hydrogen (secondary N) is 2. The van der Waals surface area contributed by atoms with E-state index in [1.807, 2.05) is 6.07 Å². The Balaban J connectivity index is 1.73. The predicted molar refractivity (Wildman–Crippen MR) is 96.7 cm³/mol. The average molecular weight is 354 g/mol. The summed E-state index contributed by atoms with van der Waals surface area (Å²) in [6.07, 6.45) is 0. The lowest BCUT2D eigenvalue weighted by Gasteiger charge is -2.12. The van der Waals surface area contributed by atoms with Crippen LogP contribution in [0.15, 0.2) is 47.0 Å². The van der Waals surface area contributed by atoms with E-state index in [1.165, 1.54) is 7.11 Å². The van der Waals surface area contributed by atoms with Crippen LogP contribution in [0.2, 0.25) is 0 Å².